The molecule has 1 heterocycles. The Morgan fingerprint density at radius 1 is 1.40 bits per heavy atom. The van der Waals surface area contributed by atoms with Gasteiger partial charge in [0.25, 0.3) is 0 Å². The molecule has 0 aliphatic rings. The summed E-state index contributed by atoms with van der Waals surface area (Å²) in [5, 5.41) is 9.12. The highest BCUT2D eigenvalue weighted by molar-refractivity contribution is 5.32. The largest absolute Gasteiger partial charge is 0.489 e. The summed E-state index contributed by atoms with van der Waals surface area (Å²) in [7, 11) is 0. The van der Waals surface area contributed by atoms with Crippen LogP contribution >= 0.6 is 0 Å². The summed E-state index contributed by atoms with van der Waals surface area (Å²) < 4.78 is 5.59. The second-order valence-corrected chi connectivity index (χ2v) is 3.77. The van der Waals surface area contributed by atoms with Crippen LogP contribution in [0.1, 0.15) is 26.7 Å². The van der Waals surface area contributed by atoms with Crippen molar-refractivity contribution in [2.45, 2.75) is 38.9 Å². The van der Waals surface area contributed by atoms with Gasteiger partial charge in [-0.25, -0.2) is 4.98 Å². The molecule has 0 aromatic carbocycles. The predicted octanol–water partition coefficient (Wildman–Crippen LogP) is 1.59. The number of aromatic nitrogens is 1. The number of aliphatic hydroxyl groups excluding tert-OH is 1. The van der Waals surface area contributed by atoms with Crippen LogP contribution in [0.25, 0.3) is 0 Å². The minimum absolute atomic E-state index is 0.0741. The highest BCUT2D eigenvalue weighted by Crippen LogP contribution is 2.14. The average molecular weight is 210 g/mol. The van der Waals surface area contributed by atoms with E-state index in [0.29, 0.717) is 11.6 Å². The Labute approximate surface area is 90.1 Å². The first kappa shape index (κ1) is 11.8. The minimum Gasteiger partial charge on any atom is -0.489 e. The van der Waals surface area contributed by atoms with Gasteiger partial charge in [-0.15, -0.1) is 0 Å². The third kappa shape index (κ3) is 4.65. The smallest absolute Gasteiger partial charge is 0.138 e. The van der Waals surface area contributed by atoms with Gasteiger partial charge in [0.1, 0.15) is 11.6 Å². The molecule has 0 aliphatic carbocycles. The fraction of sp³-hybridized carbons (Fsp3) is 0.545. The molecule has 0 spiro atoms. The lowest BCUT2D eigenvalue weighted by atomic mass is 10.1. The molecular weight excluding hydrogens is 192 g/mol. The zero-order chi connectivity index (χ0) is 11.3. The van der Waals surface area contributed by atoms with E-state index < -0.39 is 0 Å². The zero-order valence-electron chi connectivity index (χ0n) is 9.18. The van der Waals surface area contributed by atoms with E-state index in [9.17, 15) is 0 Å². The summed E-state index contributed by atoms with van der Waals surface area (Å²) in [4.78, 5) is 3.93. The van der Waals surface area contributed by atoms with Gasteiger partial charge in [0.05, 0.1) is 18.4 Å². The fourth-order valence-electron chi connectivity index (χ4n) is 1.23. The van der Waals surface area contributed by atoms with Gasteiger partial charge in [0.2, 0.25) is 0 Å². The van der Waals surface area contributed by atoms with E-state index in [4.69, 9.17) is 15.6 Å². The van der Waals surface area contributed by atoms with Crippen molar-refractivity contribution in [3.05, 3.63) is 18.3 Å². The molecule has 0 fully saturated rings. The molecule has 3 N–H and O–H groups in total. The topological polar surface area (TPSA) is 68.4 Å². The third-order valence-electron chi connectivity index (χ3n) is 2.09. The molecule has 1 aromatic heterocycles. The first-order valence-corrected chi connectivity index (χ1v) is 5.14. The van der Waals surface area contributed by atoms with Crippen LogP contribution in [0, 0.1) is 0 Å². The number of nitrogens with two attached hydrogens (primary N) is 1. The van der Waals surface area contributed by atoms with Crippen molar-refractivity contribution in [3.63, 3.8) is 0 Å². The first-order valence-electron chi connectivity index (χ1n) is 5.14. The van der Waals surface area contributed by atoms with Crippen LogP contribution in [0.5, 0.6) is 5.75 Å². The molecule has 1 rings (SSSR count). The van der Waals surface area contributed by atoms with Gasteiger partial charge in [-0.3, -0.25) is 0 Å². The second-order valence-electron chi connectivity index (χ2n) is 3.77. The Hall–Kier alpha value is -1.29. The van der Waals surface area contributed by atoms with Crippen LogP contribution in [0.3, 0.4) is 0 Å². The summed E-state index contributed by atoms with van der Waals surface area (Å²) in [6.07, 6.45) is 2.96. The van der Waals surface area contributed by atoms with Crippen molar-refractivity contribution in [1.29, 1.82) is 0 Å². The maximum absolute atomic E-state index is 9.12. The average Bonchev–Trinajstić information content (AvgIpc) is 2.19. The Balaban J connectivity index is 2.37. The number of pyridine rings is 1. The molecular formula is C11H18N2O2. The third-order valence-corrected chi connectivity index (χ3v) is 2.09. The standard InChI is InChI=1S/C11H18N2O2/c1-8(14)3-4-9(2)15-10-5-6-11(12)13-7-10/h5-9,14H,3-4H2,1-2H3,(H2,12,13). The lowest BCUT2D eigenvalue weighted by Gasteiger charge is -2.15. The molecule has 0 radical (unpaired) electrons. The van der Waals surface area contributed by atoms with Crippen LogP contribution in [0.2, 0.25) is 0 Å². The van der Waals surface area contributed by atoms with Crippen molar-refractivity contribution in [2.75, 3.05) is 5.73 Å². The lowest BCUT2D eigenvalue weighted by molar-refractivity contribution is 0.145. The molecule has 2 unspecified atom stereocenters. The molecule has 0 saturated heterocycles. The highest BCUT2D eigenvalue weighted by atomic mass is 16.5. The monoisotopic (exact) mass is 210 g/mol. The van der Waals surface area contributed by atoms with Gasteiger partial charge in [-0.2, -0.15) is 0 Å². The number of ether oxygens (including phenoxy) is 1. The maximum Gasteiger partial charge on any atom is 0.138 e. The van der Waals surface area contributed by atoms with E-state index in [1.165, 1.54) is 0 Å². The van der Waals surface area contributed by atoms with Crippen LogP contribution in [0.15, 0.2) is 18.3 Å². The normalized spacial score (nSPS) is 14.6. The molecule has 84 valence electrons. The van der Waals surface area contributed by atoms with E-state index >= 15 is 0 Å². The first-order chi connectivity index (χ1) is 7.08. The Kier molecular flexibility index (Phi) is 4.37. The SMILES string of the molecule is CC(O)CCC(C)Oc1ccc(N)nc1. The van der Waals surface area contributed by atoms with E-state index in [-0.39, 0.29) is 12.2 Å². The molecule has 2 atom stereocenters. The van der Waals surface area contributed by atoms with Gasteiger partial charge in [-0.1, -0.05) is 0 Å². The van der Waals surface area contributed by atoms with Gasteiger partial charge in [-0.05, 0) is 38.8 Å². The number of rotatable bonds is 5. The number of nitrogen functional groups attached to an aromatic ring is 1. The van der Waals surface area contributed by atoms with E-state index in [2.05, 4.69) is 4.98 Å². The summed E-state index contributed by atoms with van der Waals surface area (Å²) in [6.45, 7) is 3.75. The maximum atomic E-state index is 9.12. The molecule has 0 aliphatic heterocycles. The van der Waals surface area contributed by atoms with Crippen molar-refractivity contribution in [2.24, 2.45) is 0 Å². The van der Waals surface area contributed by atoms with E-state index in [1.54, 1.807) is 25.3 Å². The molecule has 0 saturated carbocycles. The zero-order valence-corrected chi connectivity index (χ0v) is 9.18. The van der Waals surface area contributed by atoms with Crippen molar-refractivity contribution in [3.8, 4) is 5.75 Å². The number of aliphatic hydroxyl groups is 1. The fourth-order valence-corrected chi connectivity index (χ4v) is 1.23. The second kappa shape index (κ2) is 5.56. The Morgan fingerprint density at radius 3 is 2.67 bits per heavy atom. The molecule has 4 nitrogen and oxygen atoms in total. The van der Waals surface area contributed by atoms with Gasteiger partial charge in [0, 0.05) is 0 Å². The quantitative estimate of drug-likeness (QED) is 0.774. The predicted molar refractivity (Wildman–Crippen MR) is 59.7 cm³/mol. The summed E-state index contributed by atoms with van der Waals surface area (Å²) in [5.41, 5.74) is 5.46. The molecule has 4 heteroatoms. The van der Waals surface area contributed by atoms with E-state index in [0.717, 1.165) is 12.8 Å². The number of hydrogen-bond donors (Lipinski definition) is 2. The molecule has 15 heavy (non-hydrogen) atoms. The summed E-state index contributed by atoms with van der Waals surface area (Å²) in [5.74, 6) is 1.20. The van der Waals surface area contributed by atoms with Gasteiger partial charge in [0.15, 0.2) is 0 Å². The van der Waals surface area contributed by atoms with Crippen LogP contribution in [0.4, 0.5) is 5.82 Å². The Morgan fingerprint density at radius 2 is 2.13 bits per heavy atom. The molecule has 1 aromatic rings. The Bertz CT molecular complexity index is 285. The van der Waals surface area contributed by atoms with E-state index in [1.807, 2.05) is 6.92 Å². The van der Waals surface area contributed by atoms with Gasteiger partial charge >= 0.3 is 0 Å². The lowest BCUT2D eigenvalue weighted by Crippen LogP contribution is -2.14. The number of nitrogens with zero attached hydrogens (tertiary/aromatic N) is 1. The van der Waals surface area contributed by atoms with Crippen molar-refractivity contribution in [1.82, 2.24) is 4.98 Å². The number of hydrogen-bond acceptors (Lipinski definition) is 4. The minimum atomic E-state index is -0.277. The van der Waals surface area contributed by atoms with Crippen LogP contribution in [-0.4, -0.2) is 22.3 Å². The summed E-state index contributed by atoms with van der Waals surface area (Å²) >= 11 is 0. The van der Waals surface area contributed by atoms with Crippen LogP contribution < -0.4 is 10.5 Å². The van der Waals surface area contributed by atoms with Crippen LogP contribution in [-0.2, 0) is 0 Å². The molecule has 0 amide bonds. The van der Waals surface area contributed by atoms with Crippen molar-refractivity contribution < 1.29 is 9.84 Å². The van der Waals surface area contributed by atoms with Crippen molar-refractivity contribution >= 4 is 5.82 Å². The summed E-state index contributed by atoms with van der Waals surface area (Å²) in [6, 6.07) is 3.50. The molecule has 0 bridgehead atoms. The number of anilines is 1. The highest BCUT2D eigenvalue weighted by Gasteiger charge is 2.06. The van der Waals surface area contributed by atoms with Gasteiger partial charge < -0.3 is 15.6 Å².